The molecular weight excluding hydrogens is 1030 g/mol. The number of anilines is 1. The van der Waals surface area contributed by atoms with Crippen molar-refractivity contribution < 1.29 is 85.6 Å². The zero-order valence-corrected chi connectivity index (χ0v) is 44.9. The number of imidazole rings is 1. The molecule has 1 saturated heterocycles. The van der Waals surface area contributed by atoms with Crippen LogP contribution in [0.15, 0.2) is 12.7 Å². The van der Waals surface area contributed by atoms with Gasteiger partial charge in [0.1, 0.15) is 36.3 Å². The van der Waals surface area contributed by atoms with Crippen LogP contribution in [0.4, 0.5) is 5.82 Å². The Morgan fingerprint density at radius 3 is 2.00 bits per heavy atom. The first kappa shape index (κ1) is 63.8. The van der Waals surface area contributed by atoms with Crippen molar-refractivity contribution in [3.05, 3.63) is 12.7 Å². The minimum atomic E-state index is -5.93. The second-order valence-electron chi connectivity index (χ2n) is 18.5. The lowest BCUT2D eigenvalue weighted by molar-refractivity contribution is -0.347. The van der Waals surface area contributed by atoms with Gasteiger partial charge >= 0.3 is 0 Å². The van der Waals surface area contributed by atoms with Gasteiger partial charge < -0.3 is 74.1 Å². The number of carbonyl (C=O) groups is 3. The summed E-state index contributed by atoms with van der Waals surface area (Å²) in [6.07, 6.45) is 13.7. The molecule has 2 amide bonds. The quantitative estimate of drug-likeness (QED) is 0.0414. The Morgan fingerprint density at radius 2 is 1.42 bits per heavy atom. The van der Waals surface area contributed by atoms with Crippen molar-refractivity contribution in [3.63, 3.8) is 0 Å². The third kappa shape index (κ3) is 24.5. The molecule has 1 aliphatic heterocycles. The highest BCUT2D eigenvalue weighted by Gasteiger charge is 2.47. The summed E-state index contributed by atoms with van der Waals surface area (Å²) in [6.45, 7) is 2.26. The van der Waals surface area contributed by atoms with Crippen LogP contribution < -0.4 is 35.9 Å². The normalized spacial score (nSPS) is 20.0. The molecule has 0 bridgehead atoms. The molecule has 3 heterocycles. The van der Waals surface area contributed by atoms with E-state index in [0.717, 1.165) is 48.2 Å². The maximum absolute atomic E-state index is 12.7. The first-order valence-corrected chi connectivity index (χ1v) is 30.0. The summed E-state index contributed by atoms with van der Waals surface area (Å²) in [5, 5.41) is 36.5. The third-order valence-corrected chi connectivity index (χ3v) is 15.7. The van der Waals surface area contributed by atoms with Gasteiger partial charge in [-0.1, -0.05) is 142 Å². The van der Waals surface area contributed by atoms with Crippen LogP contribution in [-0.2, 0) is 50.7 Å². The number of fused-ring (bicyclic) bond motifs is 1. The molecule has 414 valence electrons. The summed E-state index contributed by atoms with van der Waals surface area (Å²) < 4.78 is 60.9. The lowest BCUT2D eigenvalue weighted by Crippen LogP contribution is -2.46. The van der Waals surface area contributed by atoms with E-state index in [0.29, 0.717) is 6.42 Å². The summed E-state index contributed by atoms with van der Waals surface area (Å²) in [5.41, 5.74) is 4.07. The predicted octanol–water partition coefficient (Wildman–Crippen LogP) is 2.93. The van der Waals surface area contributed by atoms with Crippen LogP contribution in [0.1, 0.15) is 155 Å². The van der Waals surface area contributed by atoms with Crippen molar-refractivity contribution in [2.75, 3.05) is 37.8 Å². The molecule has 1 fully saturated rings. The lowest BCUT2D eigenvalue weighted by atomic mass is 9.87. The van der Waals surface area contributed by atoms with Crippen molar-refractivity contribution in [1.82, 2.24) is 30.2 Å². The Morgan fingerprint density at radius 1 is 0.847 bits per heavy atom. The summed E-state index contributed by atoms with van der Waals surface area (Å²) in [7, 11) is -17.6. The Balaban J connectivity index is 1.26. The van der Waals surface area contributed by atoms with Crippen molar-refractivity contribution in [2.24, 2.45) is 5.41 Å². The van der Waals surface area contributed by atoms with Crippen molar-refractivity contribution >= 4 is 69.1 Å². The molecule has 3 rings (SSSR count). The Kier molecular flexibility index (Phi) is 28.5. The first-order valence-electron chi connectivity index (χ1n) is 24.6. The summed E-state index contributed by atoms with van der Waals surface area (Å²) >= 11 is 0.992. The van der Waals surface area contributed by atoms with E-state index in [9.17, 15) is 63.0 Å². The number of unbranched alkanes of at least 4 members (excludes halogenated alkanes) is 16. The first-order chi connectivity index (χ1) is 33.9. The van der Waals surface area contributed by atoms with Gasteiger partial charge in [-0.15, -0.1) is 0 Å². The highest BCUT2D eigenvalue weighted by Crippen LogP contribution is 2.56. The molecular formula is C43H74N7O18P3S-4. The molecule has 2 aromatic rings. The van der Waals surface area contributed by atoms with E-state index in [-0.39, 0.29) is 53.8 Å². The smallest absolute Gasteiger partial charge is 0.274 e. The van der Waals surface area contributed by atoms with Gasteiger partial charge in [0.25, 0.3) is 15.6 Å². The van der Waals surface area contributed by atoms with Crippen LogP contribution in [0.5, 0.6) is 0 Å². The average Bonchev–Trinajstić information content (AvgIpc) is 3.86. The van der Waals surface area contributed by atoms with E-state index < -0.39 is 90.7 Å². The van der Waals surface area contributed by atoms with E-state index in [1.54, 1.807) is 0 Å². The number of nitrogens with one attached hydrogen (secondary N) is 2. The third-order valence-electron chi connectivity index (χ3n) is 11.8. The summed E-state index contributed by atoms with van der Waals surface area (Å²) in [5.74, 6) is -1.32. The van der Waals surface area contributed by atoms with Gasteiger partial charge in [0, 0.05) is 37.1 Å². The standard InChI is InChI=1S/C43H78N7O18P3S/c1-4-5-6-7-8-9-10-11-12-13-14-15-16-17-18-19-20-21-31(51)26-34(53)72-25-24-45-33(52)22-23-46-41(56)38(55)43(2,3)28-65-71(62,63)68-70(60,61)64-27-32-37(67-69(57,58)59)36(54)42(66-32)50-30-49-35-39(44)47-29-48-40(35)50/h29-32,36-38,42,51,54-55H,4-28H2,1-3H3,(H,45,52)(H,46,56)(H,60,61)(H,62,63)(H2,44,47,48)(H2,57,58,59)/p-4/t31-,32+,36+,37+,38-,42+/m0/s1. The molecule has 72 heavy (non-hydrogen) atoms. The minimum Gasteiger partial charge on any atom is -0.790 e. The maximum Gasteiger partial charge on any atom is 0.274 e. The van der Waals surface area contributed by atoms with E-state index in [2.05, 4.69) is 50.4 Å². The summed E-state index contributed by atoms with van der Waals surface area (Å²) in [4.78, 5) is 97.1. The molecule has 8 atom stereocenters. The molecule has 0 radical (unpaired) electrons. The van der Waals surface area contributed by atoms with Crippen LogP contribution in [0.2, 0.25) is 0 Å². The van der Waals surface area contributed by atoms with Crippen molar-refractivity contribution in [3.8, 4) is 0 Å². The van der Waals surface area contributed by atoms with E-state index >= 15 is 0 Å². The number of phosphoric acid groups is 3. The number of nitrogens with zero attached hydrogens (tertiary/aromatic N) is 4. The zero-order chi connectivity index (χ0) is 53.4. The SMILES string of the molecule is CCCCCCCCCCCCCCCCCCC[C@H](O)CC(=O)SCCNC(=O)CCNC(=O)[C@H](O)C(C)(C)COP(=O)([O-])OP(=O)([O-])OC[C@H]1O[C@@H](n2cnc3c(N)ncnc32)[C@H](O)[C@@H]1OP(=O)([O-])[O-]. The number of amides is 2. The number of nitrogens with two attached hydrogens (primary N) is 1. The molecule has 29 heteroatoms. The van der Waals surface area contributed by atoms with Crippen molar-refractivity contribution in [1.29, 1.82) is 0 Å². The molecule has 2 unspecified atom stereocenters. The molecule has 25 nitrogen and oxygen atoms in total. The number of nitrogen functional groups attached to an aromatic ring is 1. The minimum absolute atomic E-state index is 0.0177. The number of rotatable bonds is 39. The topological polar surface area (TPSA) is 395 Å². The number of carbonyl (C=O) groups excluding carboxylic acids is 3. The fourth-order valence-electron chi connectivity index (χ4n) is 7.73. The van der Waals surface area contributed by atoms with E-state index in [1.807, 2.05) is 0 Å². The molecule has 0 aromatic carbocycles. The number of aliphatic hydroxyl groups excluding tert-OH is 3. The number of hydrogen-bond acceptors (Lipinski definition) is 23. The molecule has 0 aliphatic carbocycles. The monoisotopic (exact) mass is 1100 g/mol. The van der Waals surface area contributed by atoms with Crippen LogP contribution in [0.25, 0.3) is 11.2 Å². The van der Waals surface area contributed by atoms with Crippen LogP contribution in [0, 0.1) is 5.41 Å². The highest BCUT2D eigenvalue weighted by atomic mass is 32.2. The number of thioether (sulfide) groups is 1. The fraction of sp³-hybridized carbons (Fsp3) is 0.814. The molecule has 0 saturated carbocycles. The van der Waals surface area contributed by atoms with Crippen molar-refractivity contribution in [2.45, 2.75) is 186 Å². The van der Waals surface area contributed by atoms with Gasteiger partial charge in [0.15, 0.2) is 22.8 Å². The van der Waals surface area contributed by atoms with Gasteiger partial charge in [0.05, 0.1) is 33.5 Å². The largest absolute Gasteiger partial charge is 0.790 e. The van der Waals surface area contributed by atoms with Gasteiger partial charge in [-0.25, -0.2) is 19.3 Å². The number of aromatic nitrogens is 4. The lowest BCUT2D eigenvalue weighted by Gasteiger charge is -2.36. The molecule has 7 N–H and O–H groups in total. The van der Waals surface area contributed by atoms with Gasteiger partial charge in [-0.2, -0.15) is 0 Å². The highest BCUT2D eigenvalue weighted by molar-refractivity contribution is 8.13. The Bertz CT molecular complexity index is 2100. The number of phosphoric ester groups is 3. The van der Waals surface area contributed by atoms with E-state index in [1.165, 1.54) is 104 Å². The second kappa shape index (κ2) is 32.2. The second-order valence-corrected chi connectivity index (χ2v) is 23.7. The van der Waals surface area contributed by atoms with Crippen LogP contribution >= 0.6 is 35.2 Å². The number of ether oxygens (including phenoxy) is 1. The van der Waals surface area contributed by atoms with Crippen LogP contribution in [-0.4, -0.2) is 114 Å². The average molecular weight is 1100 g/mol. The maximum atomic E-state index is 12.7. The Hall–Kier alpha value is -2.48. The van der Waals surface area contributed by atoms with Crippen LogP contribution in [0.3, 0.4) is 0 Å². The number of hydrogen-bond donors (Lipinski definition) is 6. The zero-order valence-electron chi connectivity index (χ0n) is 41.4. The van der Waals surface area contributed by atoms with Gasteiger partial charge in [0.2, 0.25) is 11.8 Å². The molecule has 2 aromatic heterocycles. The predicted molar refractivity (Wildman–Crippen MR) is 258 cm³/mol. The molecule has 1 aliphatic rings. The fourth-order valence-corrected chi connectivity index (χ4v) is 11.2. The summed E-state index contributed by atoms with van der Waals surface area (Å²) in [6, 6.07) is 0. The van der Waals surface area contributed by atoms with Gasteiger partial charge in [-0.05, 0) is 6.42 Å². The van der Waals surface area contributed by atoms with E-state index in [4.69, 9.17) is 10.5 Å². The number of aliphatic hydroxyl groups is 3. The Labute approximate surface area is 425 Å². The molecule has 0 spiro atoms. The van der Waals surface area contributed by atoms with Gasteiger partial charge in [-0.3, -0.25) is 28.1 Å².